The van der Waals surface area contributed by atoms with Gasteiger partial charge in [-0.2, -0.15) is 4.98 Å². The lowest BCUT2D eigenvalue weighted by molar-refractivity contribution is 0.312. The second-order valence-corrected chi connectivity index (χ2v) is 6.71. The second kappa shape index (κ2) is 6.54. The van der Waals surface area contributed by atoms with E-state index in [1.807, 2.05) is 30.3 Å². The fourth-order valence-corrected chi connectivity index (χ4v) is 3.83. The summed E-state index contributed by atoms with van der Waals surface area (Å²) in [4.78, 5) is 18.4. The molecule has 0 bridgehead atoms. The summed E-state index contributed by atoms with van der Waals surface area (Å²) in [5.41, 5.74) is 9.47. The number of H-pyrrole nitrogens is 1. The van der Waals surface area contributed by atoms with Crippen LogP contribution in [0.15, 0.2) is 65.5 Å². The number of nitrogen functional groups attached to an aromatic ring is 1. The van der Waals surface area contributed by atoms with E-state index in [1.54, 1.807) is 0 Å². The number of ether oxygens (including phenoxy) is 1. The van der Waals surface area contributed by atoms with Gasteiger partial charge in [0, 0.05) is 23.3 Å². The predicted molar refractivity (Wildman–Crippen MR) is 108 cm³/mol. The Bertz CT molecular complexity index is 1210. The van der Waals surface area contributed by atoms with Crippen molar-refractivity contribution in [3.05, 3.63) is 82.4 Å². The van der Waals surface area contributed by atoms with Gasteiger partial charge in [-0.15, -0.1) is 0 Å². The number of anilines is 1. The van der Waals surface area contributed by atoms with Gasteiger partial charge in [0.05, 0.1) is 17.1 Å². The lowest BCUT2D eigenvalue weighted by Crippen LogP contribution is -2.27. The van der Waals surface area contributed by atoms with E-state index in [0.717, 1.165) is 22.3 Å². The third-order valence-electron chi connectivity index (χ3n) is 4.99. The van der Waals surface area contributed by atoms with E-state index in [2.05, 4.69) is 50.2 Å². The summed E-state index contributed by atoms with van der Waals surface area (Å²) in [5, 5.41) is 4.61. The first-order valence-electron chi connectivity index (χ1n) is 9.14. The molecule has 0 saturated heterocycles. The molecule has 7 nitrogen and oxygen atoms in total. The Kier molecular flexibility index (Phi) is 3.87. The van der Waals surface area contributed by atoms with Crippen LogP contribution < -0.4 is 21.5 Å². The summed E-state index contributed by atoms with van der Waals surface area (Å²) in [5.74, 6) is 0.542. The van der Waals surface area contributed by atoms with Crippen LogP contribution in [-0.2, 0) is 0 Å². The number of para-hydroxylation sites is 2. The van der Waals surface area contributed by atoms with E-state index >= 15 is 0 Å². The topological polar surface area (TPSA) is 98.0 Å². The molecule has 0 amide bonds. The van der Waals surface area contributed by atoms with Gasteiger partial charge in [0.25, 0.3) is 0 Å². The average Bonchev–Trinajstić information content (AvgIpc) is 2.95. The molecule has 2 aromatic heterocycles. The Hall–Kier alpha value is -3.58. The Labute approximate surface area is 160 Å². The highest BCUT2D eigenvalue weighted by molar-refractivity contribution is 5.84. The molecule has 1 aliphatic rings. The van der Waals surface area contributed by atoms with Crippen molar-refractivity contribution in [3.8, 4) is 11.6 Å². The van der Waals surface area contributed by atoms with Crippen molar-refractivity contribution in [2.45, 2.75) is 6.04 Å². The van der Waals surface area contributed by atoms with Crippen molar-refractivity contribution in [1.29, 1.82) is 0 Å². The molecule has 3 heterocycles. The van der Waals surface area contributed by atoms with Crippen molar-refractivity contribution in [3.63, 3.8) is 0 Å². The lowest BCUT2D eigenvalue weighted by atomic mass is 10.0. The average molecular weight is 373 g/mol. The van der Waals surface area contributed by atoms with E-state index in [9.17, 15) is 4.79 Å². The van der Waals surface area contributed by atoms with Gasteiger partial charge in [-0.1, -0.05) is 36.4 Å². The van der Waals surface area contributed by atoms with Crippen LogP contribution in [0.3, 0.4) is 0 Å². The molecule has 0 fully saturated rings. The number of aromatic amines is 1. The van der Waals surface area contributed by atoms with Crippen molar-refractivity contribution in [1.82, 2.24) is 19.9 Å². The Morgan fingerprint density at radius 1 is 1.11 bits per heavy atom. The van der Waals surface area contributed by atoms with Gasteiger partial charge in [-0.05, 0) is 24.3 Å². The zero-order valence-corrected chi connectivity index (χ0v) is 15.1. The standard InChI is InChI=1S/C21H19N5O2/c22-19-17-18(23-10-11-28-20(17)25-21(27)24-19)16-12-13-6-4-5-9-15(13)26(16)14-7-2-1-3-8-14/h1-9,12,18,23H,10-11H2,(H3,22,24,25,27). The van der Waals surface area contributed by atoms with Crippen molar-refractivity contribution < 1.29 is 4.74 Å². The number of nitrogens with one attached hydrogen (secondary N) is 2. The smallest absolute Gasteiger partial charge is 0.349 e. The van der Waals surface area contributed by atoms with Crippen LogP contribution in [0.1, 0.15) is 17.3 Å². The first kappa shape index (κ1) is 16.6. The Morgan fingerprint density at radius 2 is 1.89 bits per heavy atom. The fraction of sp³-hybridized carbons (Fsp3) is 0.143. The molecule has 1 unspecified atom stereocenters. The van der Waals surface area contributed by atoms with Gasteiger partial charge in [-0.3, -0.25) is 4.98 Å². The number of rotatable bonds is 2. The summed E-state index contributed by atoms with van der Waals surface area (Å²) >= 11 is 0. The summed E-state index contributed by atoms with van der Waals surface area (Å²) in [7, 11) is 0. The molecule has 1 atom stereocenters. The molecule has 1 aliphatic heterocycles. The van der Waals surface area contributed by atoms with Crippen LogP contribution in [-0.4, -0.2) is 27.7 Å². The number of fused-ring (bicyclic) bond motifs is 2. The molecule has 4 N–H and O–H groups in total. The van der Waals surface area contributed by atoms with Gasteiger partial charge in [0.2, 0.25) is 5.88 Å². The summed E-state index contributed by atoms with van der Waals surface area (Å²) in [6, 6.07) is 20.2. The zero-order valence-electron chi connectivity index (χ0n) is 15.1. The minimum Gasteiger partial charge on any atom is -0.476 e. The second-order valence-electron chi connectivity index (χ2n) is 6.71. The number of hydrogen-bond donors (Lipinski definition) is 3. The molecule has 28 heavy (non-hydrogen) atoms. The van der Waals surface area contributed by atoms with Crippen LogP contribution in [0.5, 0.6) is 5.88 Å². The quantitative estimate of drug-likeness (QED) is 0.501. The van der Waals surface area contributed by atoms with Gasteiger partial charge in [0.1, 0.15) is 12.4 Å². The maximum Gasteiger partial charge on any atom is 0.349 e. The normalized spacial score (nSPS) is 16.4. The number of aromatic nitrogens is 3. The van der Waals surface area contributed by atoms with E-state index in [-0.39, 0.29) is 17.7 Å². The molecule has 0 spiro atoms. The van der Waals surface area contributed by atoms with Gasteiger partial charge in [-0.25, -0.2) is 4.79 Å². The SMILES string of the molecule is Nc1[nH]c(=O)nc2c1C(c1cc3ccccc3n1-c1ccccc1)NCCO2. The van der Waals surface area contributed by atoms with Crippen LogP contribution >= 0.6 is 0 Å². The van der Waals surface area contributed by atoms with Gasteiger partial charge < -0.3 is 20.4 Å². The van der Waals surface area contributed by atoms with Crippen molar-refractivity contribution >= 4 is 16.7 Å². The van der Waals surface area contributed by atoms with Crippen molar-refractivity contribution in [2.24, 2.45) is 0 Å². The Balaban J connectivity index is 1.80. The number of hydrogen-bond acceptors (Lipinski definition) is 5. The molecule has 0 aliphatic carbocycles. The third kappa shape index (κ3) is 2.64. The lowest BCUT2D eigenvalue weighted by Gasteiger charge is -2.21. The zero-order chi connectivity index (χ0) is 19.1. The molecule has 5 rings (SSSR count). The first-order chi connectivity index (χ1) is 13.7. The van der Waals surface area contributed by atoms with E-state index in [1.165, 1.54) is 0 Å². The minimum absolute atomic E-state index is 0.263. The number of benzene rings is 2. The molecule has 0 radical (unpaired) electrons. The maximum atomic E-state index is 11.8. The van der Waals surface area contributed by atoms with Crippen LogP contribution in [0.25, 0.3) is 16.6 Å². The summed E-state index contributed by atoms with van der Waals surface area (Å²) < 4.78 is 7.90. The molecule has 2 aromatic carbocycles. The highest BCUT2D eigenvalue weighted by Crippen LogP contribution is 2.36. The van der Waals surface area contributed by atoms with E-state index in [0.29, 0.717) is 18.7 Å². The number of nitrogens with zero attached hydrogens (tertiary/aromatic N) is 2. The Morgan fingerprint density at radius 3 is 2.75 bits per heavy atom. The van der Waals surface area contributed by atoms with E-state index in [4.69, 9.17) is 10.5 Å². The van der Waals surface area contributed by atoms with Crippen LogP contribution in [0.4, 0.5) is 5.82 Å². The van der Waals surface area contributed by atoms with Gasteiger partial charge in [0.15, 0.2) is 0 Å². The molecule has 4 aromatic rings. The monoisotopic (exact) mass is 373 g/mol. The minimum atomic E-state index is -0.513. The van der Waals surface area contributed by atoms with E-state index < -0.39 is 5.69 Å². The highest BCUT2D eigenvalue weighted by Gasteiger charge is 2.29. The maximum absolute atomic E-state index is 11.8. The largest absolute Gasteiger partial charge is 0.476 e. The predicted octanol–water partition coefficient (Wildman–Crippen LogP) is 2.37. The van der Waals surface area contributed by atoms with Crippen molar-refractivity contribution in [2.75, 3.05) is 18.9 Å². The fourth-order valence-electron chi connectivity index (χ4n) is 3.83. The summed E-state index contributed by atoms with van der Waals surface area (Å²) in [6.45, 7) is 1.01. The molecule has 140 valence electrons. The third-order valence-corrected chi connectivity index (χ3v) is 4.99. The molecule has 0 saturated carbocycles. The van der Waals surface area contributed by atoms with Crippen LogP contribution in [0, 0.1) is 0 Å². The van der Waals surface area contributed by atoms with Crippen LogP contribution in [0.2, 0.25) is 0 Å². The first-order valence-corrected chi connectivity index (χ1v) is 9.14. The van der Waals surface area contributed by atoms with Gasteiger partial charge >= 0.3 is 5.69 Å². The summed E-state index contributed by atoms with van der Waals surface area (Å²) in [6.07, 6.45) is 0. The number of nitrogens with two attached hydrogens (primary N) is 1. The molecule has 7 heteroatoms. The highest BCUT2D eigenvalue weighted by atomic mass is 16.5. The molecular weight excluding hydrogens is 354 g/mol. The molecular formula is C21H19N5O2.